The van der Waals surface area contributed by atoms with E-state index in [-0.39, 0.29) is 18.9 Å². The molecule has 6 nitrogen and oxygen atoms in total. The van der Waals surface area contributed by atoms with Gasteiger partial charge in [-0.1, -0.05) is 15.9 Å². The van der Waals surface area contributed by atoms with Gasteiger partial charge in [-0.3, -0.25) is 19.8 Å². The fraction of sp³-hybridized carbons (Fsp3) is 0.250. The summed E-state index contributed by atoms with van der Waals surface area (Å²) in [4.78, 5) is 36.3. The van der Waals surface area contributed by atoms with E-state index in [1.165, 1.54) is 4.90 Å². The van der Waals surface area contributed by atoms with Crippen LogP contribution >= 0.6 is 15.9 Å². The summed E-state index contributed by atoms with van der Waals surface area (Å²) in [6, 6.07) is 3.44. The zero-order valence-corrected chi connectivity index (χ0v) is 11.8. The number of fused-ring (bicyclic) bond motifs is 1. The zero-order valence-electron chi connectivity index (χ0n) is 10.2. The van der Waals surface area contributed by atoms with Crippen molar-refractivity contribution in [3.63, 3.8) is 0 Å². The van der Waals surface area contributed by atoms with Crippen LogP contribution in [0, 0.1) is 6.92 Å². The predicted octanol–water partition coefficient (Wildman–Crippen LogP) is 0.667. The zero-order chi connectivity index (χ0) is 14.2. The van der Waals surface area contributed by atoms with E-state index in [0.29, 0.717) is 11.3 Å². The van der Waals surface area contributed by atoms with Crippen molar-refractivity contribution in [3.8, 4) is 0 Å². The molecule has 0 radical (unpaired) electrons. The first-order chi connectivity index (χ1) is 8.95. The molecule has 1 aromatic rings. The molecule has 0 atom stereocenters. The maximum Gasteiger partial charge on any atom is 0.299 e. The fourth-order valence-corrected chi connectivity index (χ4v) is 2.68. The van der Waals surface area contributed by atoms with E-state index >= 15 is 0 Å². The summed E-state index contributed by atoms with van der Waals surface area (Å²) in [6.45, 7) is 1.94. The average molecular weight is 326 g/mol. The second-order valence-corrected chi connectivity index (χ2v) is 5.14. The van der Waals surface area contributed by atoms with Gasteiger partial charge in [0.25, 0.3) is 11.7 Å². The first-order valence-corrected chi connectivity index (χ1v) is 6.40. The monoisotopic (exact) mass is 325 g/mol. The van der Waals surface area contributed by atoms with Crippen LogP contribution in [0.5, 0.6) is 0 Å². The number of nitrogens with two attached hydrogens (primary N) is 1. The van der Waals surface area contributed by atoms with E-state index in [2.05, 4.69) is 15.9 Å². The molecular weight excluding hydrogens is 314 g/mol. The fourth-order valence-electron chi connectivity index (χ4n) is 2.11. The van der Waals surface area contributed by atoms with Crippen molar-refractivity contribution < 1.29 is 14.4 Å². The Hall–Kier alpha value is -1.73. The number of Topliss-reactive ketones (excluding diaryl/α,β-unsaturated/α-hetero) is 1. The van der Waals surface area contributed by atoms with E-state index in [9.17, 15) is 14.4 Å². The van der Waals surface area contributed by atoms with Crippen LogP contribution in [0.1, 0.15) is 22.3 Å². The van der Waals surface area contributed by atoms with Crippen LogP contribution in [0.2, 0.25) is 0 Å². The molecule has 1 heterocycles. The van der Waals surface area contributed by atoms with Gasteiger partial charge in [0, 0.05) is 17.4 Å². The van der Waals surface area contributed by atoms with E-state index in [1.807, 2.05) is 18.4 Å². The van der Waals surface area contributed by atoms with Gasteiger partial charge < -0.3 is 4.90 Å². The topological polar surface area (TPSA) is 92.5 Å². The Labute approximate surface area is 118 Å². The maximum absolute atomic E-state index is 11.9. The minimum Gasteiger partial charge on any atom is -0.304 e. The van der Waals surface area contributed by atoms with Gasteiger partial charge in [0.2, 0.25) is 5.91 Å². The molecule has 2 rings (SSSR count). The maximum atomic E-state index is 11.9. The summed E-state index contributed by atoms with van der Waals surface area (Å²) in [5.74, 6) is 3.44. The van der Waals surface area contributed by atoms with Crippen molar-refractivity contribution in [2.75, 3.05) is 11.4 Å². The van der Waals surface area contributed by atoms with Crippen LogP contribution in [-0.2, 0) is 9.59 Å². The Kier molecular flexibility index (Phi) is 3.68. The molecule has 0 fully saturated rings. The van der Waals surface area contributed by atoms with Crippen molar-refractivity contribution in [2.45, 2.75) is 13.3 Å². The van der Waals surface area contributed by atoms with E-state index in [4.69, 9.17) is 5.84 Å². The van der Waals surface area contributed by atoms with Gasteiger partial charge in [-0.25, -0.2) is 5.84 Å². The van der Waals surface area contributed by atoms with Crippen molar-refractivity contribution >= 4 is 39.2 Å². The molecule has 0 aromatic heterocycles. The van der Waals surface area contributed by atoms with Gasteiger partial charge in [0.05, 0.1) is 11.3 Å². The van der Waals surface area contributed by atoms with Crippen molar-refractivity contribution in [1.82, 2.24) is 5.43 Å². The van der Waals surface area contributed by atoms with Gasteiger partial charge in [0.15, 0.2) is 0 Å². The predicted molar refractivity (Wildman–Crippen MR) is 72.5 cm³/mol. The number of ketones is 1. The van der Waals surface area contributed by atoms with Crippen LogP contribution in [0.25, 0.3) is 0 Å². The number of rotatable bonds is 3. The number of hydrogen-bond acceptors (Lipinski definition) is 4. The third kappa shape index (κ3) is 2.39. The minimum absolute atomic E-state index is 0.0461. The second-order valence-electron chi connectivity index (χ2n) is 4.22. The number of amides is 2. The van der Waals surface area contributed by atoms with Crippen LogP contribution in [0.4, 0.5) is 5.69 Å². The lowest BCUT2D eigenvalue weighted by Crippen LogP contribution is -2.36. The molecule has 2 amide bonds. The van der Waals surface area contributed by atoms with Crippen LogP contribution in [0.3, 0.4) is 0 Å². The molecule has 3 N–H and O–H groups in total. The first kappa shape index (κ1) is 13.7. The summed E-state index contributed by atoms with van der Waals surface area (Å²) in [5, 5.41) is 0. The number of anilines is 1. The highest BCUT2D eigenvalue weighted by atomic mass is 79.9. The Morgan fingerprint density at radius 2 is 2.11 bits per heavy atom. The summed E-state index contributed by atoms with van der Waals surface area (Å²) in [7, 11) is 0. The SMILES string of the molecule is Cc1cc(Br)cc2c1N(CCC(=O)NN)C(=O)C2=O. The molecule has 0 spiro atoms. The van der Waals surface area contributed by atoms with Crippen LogP contribution in [0.15, 0.2) is 16.6 Å². The highest BCUT2D eigenvalue weighted by molar-refractivity contribution is 9.10. The first-order valence-electron chi connectivity index (χ1n) is 5.61. The Morgan fingerprint density at radius 1 is 1.42 bits per heavy atom. The van der Waals surface area contributed by atoms with Crippen LogP contribution in [-0.4, -0.2) is 24.1 Å². The normalized spacial score (nSPS) is 13.7. The van der Waals surface area contributed by atoms with E-state index < -0.39 is 11.7 Å². The number of nitrogens with zero attached hydrogens (tertiary/aromatic N) is 1. The number of aryl methyl sites for hydroxylation is 1. The molecule has 0 saturated heterocycles. The number of hydrazine groups is 1. The molecule has 0 unspecified atom stereocenters. The van der Waals surface area contributed by atoms with Crippen molar-refractivity contribution in [2.24, 2.45) is 5.84 Å². The van der Waals surface area contributed by atoms with Gasteiger partial charge in [0.1, 0.15) is 0 Å². The summed E-state index contributed by atoms with van der Waals surface area (Å²) in [6.07, 6.45) is 0.0461. The molecule has 1 aliphatic heterocycles. The van der Waals surface area contributed by atoms with Gasteiger partial charge in [-0.2, -0.15) is 0 Å². The summed E-state index contributed by atoms with van der Waals surface area (Å²) in [5.41, 5.74) is 3.73. The number of carbonyl (C=O) groups is 3. The van der Waals surface area contributed by atoms with Crippen LogP contribution < -0.4 is 16.2 Å². The number of benzene rings is 1. The van der Waals surface area contributed by atoms with Gasteiger partial charge in [-0.05, 0) is 24.6 Å². The van der Waals surface area contributed by atoms with Gasteiger partial charge >= 0.3 is 0 Å². The summed E-state index contributed by atoms with van der Waals surface area (Å²) < 4.78 is 0.742. The number of nitrogens with one attached hydrogen (secondary N) is 1. The Morgan fingerprint density at radius 3 is 2.74 bits per heavy atom. The minimum atomic E-state index is -0.610. The lowest BCUT2D eigenvalue weighted by atomic mass is 10.1. The number of halogens is 1. The summed E-state index contributed by atoms with van der Waals surface area (Å²) >= 11 is 3.29. The molecule has 1 aromatic carbocycles. The van der Waals surface area contributed by atoms with E-state index in [0.717, 1.165) is 10.0 Å². The standard InChI is InChI=1S/C12H12BrN3O3/c1-6-4-7(13)5-8-10(6)16(12(19)11(8)18)3-2-9(17)15-14/h4-5H,2-3,14H2,1H3,(H,15,17). The molecule has 0 bridgehead atoms. The highest BCUT2D eigenvalue weighted by Crippen LogP contribution is 2.34. The molecule has 0 aliphatic carbocycles. The third-order valence-corrected chi connectivity index (χ3v) is 3.40. The molecular formula is C12H12BrN3O3. The lowest BCUT2D eigenvalue weighted by Gasteiger charge is -2.18. The molecule has 1 aliphatic rings. The number of carbonyl (C=O) groups excluding carboxylic acids is 3. The molecule has 0 saturated carbocycles. The van der Waals surface area contributed by atoms with Gasteiger partial charge in [-0.15, -0.1) is 0 Å². The second kappa shape index (κ2) is 5.10. The van der Waals surface area contributed by atoms with Crippen molar-refractivity contribution in [1.29, 1.82) is 0 Å². The molecule has 100 valence electrons. The highest BCUT2D eigenvalue weighted by Gasteiger charge is 2.37. The number of hydrogen-bond donors (Lipinski definition) is 2. The quantitative estimate of drug-likeness (QED) is 0.369. The third-order valence-electron chi connectivity index (χ3n) is 2.94. The smallest absolute Gasteiger partial charge is 0.299 e. The largest absolute Gasteiger partial charge is 0.304 e. The molecule has 19 heavy (non-hydrogen) atoms. The molecule has 7 heteroatoms. The average Bonchev–Trinajstić information content (AvgIpc) is 2.60. The van der Waals surface area contributed by atoms with E-state index in [1.54, 1.807) is 6.07 Å². The Bertz CT molecular complexity index is 586. The lowest BCUT2D eigenvalue weighted by molar-refractivity contribution is -0.121. The van der Waals surface area contributed by atoms with Crippen molar-refractivity contribution in [3.05, 3.63) is 27.7 Å². The Balaban J connectivity index is 2.36.